The van der Waals surface area contributed by atoms with Crippen LogP contribution < -0.4 is 5.43 Å². The molecule has 5 rings (SSSR count). The molecule has 0 aliphatic carbocycles. The lowest BCUT2D eigenvalue weighted by molar-refractivity contribution is -0.121. The van der Waals surface area contributed by atoms with Gasteiger partial charge in [-0.15, -0.1) is 0 Å². The molecule has 2 aliphatic rings. The van der Waals surface area contributed by atoms with E-state index < -0.39 is 0 Å². The fourth-order valence-electron chi connectivity index (χ4n) is 3.89. The van der Waals surface area contributed by atoms with Gasteiger partial charge in [-0.05, 0) is 30.7 Å². The van der Waals surface area contributed by atoms with Crippen molar-refractivity contribution >= 4 is 34.5 Å². The van der Waals surface area contributed by atoms with Gasteiger partial charge in [0.1, 0.15) is 5.82 Å². The summed E-state index contributed by atoms with van der Waals surface area (Å²) in [6.45, 7) is 0.352. The minimum Gasteiger partial charge on any atom is -0.342 e. The fraction of sp³-hybridized carbons (Fsp3) is 0.227. The normalized spacial score (nSPS) is 16.1. The quantitative estimate of drug-likeness (QED) is 0.640. The van der Waals surface area contributed by atoms with E-state index in [0.29, 0.717) is 43.4 Å². The Morgan fingerprint density at radius 1 is 0.967 bits per heavy atom. The van der Waals surface area contributed by atoms with Crippen molar-refractivity contribution in [1.29, 1.82) is 0 Å². The summed E-state index contributed by atoms with van der Waals surface area (Å²) in [7, 11) is 0. The van der Waals surface area contributed by atoms with Crippen LogP contribution in [0.5, 0.6) is 0 Å². The fourth-order valence-corrected chi connectivity index (χ4v) is 3.89. The van der Waals surface area contributed by atoms with E-state index in [1.165, 1.54) is 4.90 Å². The van der Waals surface area contributed by atoms with Gasteiger partial charge in [-0.2, -0.15) is 5.10 Å². The van der Waals surface area contributed by atoms with Crippen molar-refractivity contribution in [2.24, 2.45) is 5.10 Å². The summed E-state index contributed by atoms with van der Waals surface area (Å²) in [6.07, 6.45) is 2.28. The summed E-state index contributed by atoms with van der Waals surface area (Å²) in [4.78, 5) is 45.4. The number of hydrazone groups is 1. The summed E-state index contributed by atoms with van der Waals surface area (Å²) in [5.41, 5.74) is 6.97. The van der Waals surface area contributed by atoms with Crippen molar-refractivity contribution in [2.45, 2.75) is 25.7 Å². The minimum atomic E-state index is -0.231. The lowest BCUT2D eigenvalue weighted by Crippen LogP contribution is -2.31. The Hall–Kier alpha value is -3.81. The number of nitrogens with zero attached hydrogens (tertiary/aromatic N) is 3. The highest BCUT2D eigenvalue weighted by molar-refractivity contribution is 6.21. The number of carbonyl (C=O) groups excluding carboxylic acids is 3. The van der Waals surface area contributed by atoms with Crippen molar-refractivity contribution in [1.82, 2.24) is 20.3 Å². The predicted molar refractivity (Wildman–Crippen MR) is 110 cm³/mol. The lowest BCUT2D eigenvalue weighted by atomic mass is 10.0. The maximum absolute atomic E-state index is 12.4. The largest absolute Gasteiger partial charge is 0.342 e. The molecule has 0 radical (unpaired) electrons. The molecule has 0 unspecified atom stereocenters. The Kier molecular flexibility index (Phi) is 4.39. The van der Waals surface area contributed by atoms with E-state index in [-0.39, 0.29) is 17.7 Å². The Bertz CT molecular complexity index is 1190. The molecule has 3 aromatic rings. The van der Waals surface area contributed by atoms with Gasteiger partial charge in [-0.25, -0.2) is 10.4 Å². The second kappa shape index (κ2) is 7.22. The van der Waals surface area contributed by atoms with Gasteiger partial charge in [0, 0.05) is 31.4 Å². The van der Waals surface area contributed by atoms with E-state index in [4.69, 9.17) is 0 Å². The first kappa shape index (κ1) is 18.2. The van der Waals surface area contributed by atoms with Crippen molar-refractivity contribution in [3.8, 4) is 0 Å². The second-order valence-electron chi connectivity index (χ2n) is 7.42. The van der Waals surface area contributed by atoms with Crippen LogP contribution in [0.2, 0.25) is 0 Å². The highest BCUT2D eigenvalue weighted by Crippen LogP contribution is 2.23. The maximum Gasteiger partial charge on any atom is 0.261 e. The zero-order chi connectivity index (χ0) is 20.7. The van der Waals surface area contributed by atoms with Crippen molar-refractivity contribution in [3.63, 3.8) is 0 Å². The van der Waals surface area contributed by atoms with Gasteiger partial charge in [0.2, 0.25) is 5.91 Å². The van der Waals surface area contributed by atoms with E-state index in [2.05, 4.69) is 20.5 Å². The molecule has 0 saturated carbocycles. The number of aromatic amines is 1. The zero-order valence-electron chi connectivity index (χ0n) is 16.1. The molecular formula is C22H19N5O3. The molecule has 0 atom stereocenters. The Balaban J connectivity index is 1.26. The average molecular weight is 401 g/mol. The van der Waals surface area contributed by atoms with Crippen LogP contribution in [0.1, 0.15) is 51.4 Å². The number of imide groups is 1. The average Bonchev–Trinajstić information content (AvgIpc) is 3.28. The molecule has 0 bridgehead atoms. The molecule has 2 aromatic carbocycles. The van der Waals surface area contributed by atoms with Gasteiger partial charge in [-0.1, -0.05) is 18.2 Å². The lowest BCUT2D eigenvalue weighted by Gasteiger charge is -2.12. The second-order valence-corrected chi connectivity index (χ2v) is 7.42. The third-order valence-corrected chi connectivity index (χ3v) is 5.44. The number of H-pyrrole nitrogens is 1. The number of hydrogen-bond donors (Lipinski definition) is 2. The van der Waals surface area contributed by atoms with E-state index in [9.17, 15) is 14.4 Å². The number of aromatic nitrogens is 2. The molecule has 0 saturated heterocycles. The monoisotopic (exact) mass is 401 g/mol. The molecular weight excluding hydrogens is 382 g/mol. The van der Waals surface area contributed by atoms with Crippen LogP contribution >= 0.6 is 0 Å². The highest BCUT2D eigenvalue weighted by Gasteiger charge is 2.34. The molecule has 0 fully saturated rings. The van der Waals surface area contributed by atoms with E-state index in [1.54, 1.807) is 24.3 Å². The van der Waals surface area contributed by atoms with Gasteiger partial charge in [-0.3, -0.25) is 19.3 Å². The summed E-state index contributed by atoms with van der Waals surface area (Å²) in [5.74, 6) is 0.271. The van der Waals surface area contributed by atoms with Crippen molar-refractivity contribution < 1.29 is 14.4 Å². The van der Waals surface area contributed by atoms with Crippen LogP contribution in [0.25, 0.3) is 11.0 Å². The molecule has 3 amide bonds. The molecule has 2 N–H and O–H groups in total. The standard InChI is InChI=1S/C22H19N5O3/c28-20-10-9-16(25-26-20)13-7-8-17-18(12-13)24-19(23-17)6-3-11-27-21(29)14-4-1-2-5-15(14)22(27)30/h1-2,4-5,7-8,12H,3,6,9-11H2,(H,23,24)(H,26,28). The predicted octanol–water partition coefficient (Wildman–Crippen LogP) is 2.41. The number of amides is 3. The molecule has 0 spiro atoms. The minimum absolute atomic E-state index is 0.0695. The molecule has 1 aromatic heterocycles. The third kappa shape index (κ3) is 3.16. The van der Waals surface area contributed by atoms with Gasteiger partial charge in [0.15, 0.2) is 0 Å². The number of imidazole rings is 1. The maximum atomic E-state index is 12.4. The first-order chi connectivity index (χ1) is 14.6. The van der Waals surface area contributed by atoms with Crippen molar-refractivity contribution in [3.05, 3.63) is 65.0 Å². The number of hydrogen-bond acceptors (Lipinski definition) is 5. The van der Waals surface area contributed by atoms with E-state index >= 15 is 0 Å². The summed E-state index contributed by atoms with van der Waals surface area (Å²) in [6, 6.07) is 12.8. The van der Waals surface area contributed by atoms with Crippen LogP contribution in [-0.2, 0) is 11.2 Å². The molecule has 150 valence electrons. The van der Waals surface area contributed by atoms with Crippen molar-refractivity contribution in [2.75, 3.05) is 6.54 Å². The number of aryl methyl sites for hydroxylation is 1. The zero-order valence-corrected chi connectivity index (χ0v) is 16.1. The highest BCUT2D eigenvalue weighted by atomic mass is 16.2. The molecule has 3 heterocycles. The van der Waals surface area contributed by atoms with Crippen LogP contribution in [0.3, 0.4) is 0 Å². The molecule has 8 heteroatoms. The SMILES string of the molecule is O=C1CCC(c2ccc3[nH]c(CCCN4C(=O)c5ccccc5C4=O)nc3c2)=NN1. The number of nitrogens with one attached hydrogen (secondary N) is 2. The number of rotatable bonds is 5. The van der Waals surface area contributed by atoms with Gasteiger partial charge in [0.05, 0.1) is 27.9 Å². The molecule has 30 heavy (non-hydrogen) atoms. The summed E-state index contributed by atoms with van der Waals surface area (Å²) >= 11 is 0. The van der Waals surface area contributed by atoms with Crippen LogP contribution in [0.4, 0.5) is 0 Å². The Morgan fingerprint density at radius 3 is 2.43 bits per heavy atom. The van der Waals surface area contributed by atoms with Gasteiger partial charge < -0.3 is 4.98 Å². The number of carbonyl (C=O) groups is 3. The molecule has 2 aliphatic heterocycles. The molecule has 8 nitrogen and oxygen atoms in total. The van der Waals surface area contributed by atoms with Gasteiger partial charge >= 0.3 is 0 Å². The summed E-state index contributed by atoms with van der Waals surface area (Å²) in [5, 5.41) is 4.13. The third-order valence-electron chi connectivity index (χ3n) is 5.44. The van der Waals surface area contributed by atoms with Crippen LogP contribution in [0, 0.1) is 0 Å². The summed E-state index contributed by atoms with van der Waals surface area (Å²) < 4.78 is 0. The smallest absolute Gasteiger partial charge is 0.261 e. The van der Waals surface area contributed by atoms with E-state index in [0.717, 1.165) is 28.1 Å². The van der Waals surface area contributed by atoms with E-state index in [1.807, 2.05) is 18.2 Å². The number of benzene rings is 2. The van der Waals surface area contributed by atoms with Crippen LogP contribution in [0.15, 0.2) is 47.6 Å². The Morgan fingerprint density at radius 2 is 1.73 bits per heavy atom. The first-order valence-corrected chi connectivity index (χ1v) is 9.90. The first-order valence-electron chi connectivity index (χ1n) is 9.90. The van der Waals surface area contributed by atoms with Crippen LogP contribution in [-0.4, -0.2) is 44.8 Å². The topological polar surface area (TPSA) is 108 Å². The number of fused-ring (bicyclic) bond motifs is 2. The Labute approximate surface area is 172 Å². The van der Waals surface area contributed by atoms with Gasteiger partial charge in [0.25, 0.3) is 11.8 Å².